The Labute approximate surface area is 162 Å². The van der Waals surface area contributed by atoms with Crippen LogP contribution in [0.4, 0.5) is 5.69 Å². The van der Waals surface area contributed by atoms with E-state index in [4.69, 9.17) is 0 Å². The van der Waals surface area contributed by atoms with Crippen molar-refractivity contribution in [1.82, 2.24) is 4.98 Å². The monoisotopic (exact) mass is 356 g/mol. The van der Waals surface area contributed by atoms with Crippen molar-refractivity contribution in [3.8, 4) is 0 Å². The highest BCUT2D eigenvalue weighted by Gasteiger charge is 2.17. The Kier molecular flexibility index (Phi) is 4.98. The first kappa shape index (κ1) is 17.8. The van der Waals surface area contributed by atoms with E-state index >= 15 is 0 Å². The number of hydrogen-bond acceptors (Lipinski definition) is 2. The van der Waals surface area contributed by atoms with E-state index < -0.39 is 0 Å². The molecule has 0 unspecified atom stereocenters. The third-order valence-corrected chi connectivity index (χ3v) is 5.80. The van der Waals surface area contributed by atoms with Gasteiger partial charge < -0.3 is 4.90 Å². The van der Waals surface area contributed by atoms with Gasteiger partial charge in [0.2, 0.25) is 0 Å². The number of piperidine rings is 1. The van der Waals surface area contributed by atoms with Crippen LogP contribution in [-0.2, 0) is 0 Å². The largest absolute Gasteiger partial charge is 0.371 e. The molecule has 1 aliphatic heterocycles. The maximum atomic E-state index is 4.65. The second-order valence-corrected chi connectivity index (χ2v) is 7.92. The highest BCUT2D eigenvalue weighted by Crippen LogP contribution is 2.28. The van der Waals surface area contributed by atoms with Crippen molar-refractivity contribution in [1.29, 1.82) is 0 Å². The maximum Gasteiger partial charge on any atom is 0.0650 e. The summed E-state index contributed by atoms with van der Waals surface area (Å²) in [5.41, 5.74) is 6.20. The third-order valence-electron chi connectivity index (χ3n) is 5.80. The highest BCUT2D eigenvalue weighted by atomic mass is 15.1. The zero-order valence-corrected chi connectivity index (χ0v) is 16.6. The van der Waals surface area contributed by atoms with Crippen molar-refractivity contribution in [2.45, 2.75) is 33.6 Å². The normalized spacial score (nSPS) is 15.7. The third kappa shape index (κ3) is 3.75. The van der Waals surface area contributed by atoms with Crippen LogP contribution in [-0.4, -0.2) is 18.1 Å². The lowest BCUT2D eigenvalue weighted by molar-refractivity contribution is 0.438. The number of aromatic nitrogens is 1. The average Bonchev–Trinajstić information content (AvgIpc) is 2.68. The predicted molar refractivity (Wildman–Crippen MR) is 117 cm³/mol. The predicted octanol–water partition coefficient (Wildman–Crippen LogP) is 6.26. The second-order valence-electron chi connectivity index (χ2n) is 7.92. The Balaban J connectivity index is 1.65. The fourth-order valence-corrected chi connectivity index (χ4v) is 4.09. The molecule has 27 heavy (non-hydrogen) atoms. The minimum Gasteiger partial charge on any atom is -0.371 e. The molecule has 0 aliphatic carbocycles. The standard InChI is InChI=1S/C25H28N2/c1-18-12-14-27(15-13-18)24-16-23(26-17-20(24)3)11-10-22-9-5-8-21-7-4-6-19(2)25(21)22/h4-11,16-18H,12-15H2,1-3H3/b11-10-. The topological polar surface area (TPSA) is 16.1 Å². The Hall–Kier alpha value is -2.61. The molecule has 2 nitrogen and oxygen atoms in total. The van der Waals surface area contributed by atoms with Crippen molar-refractivity contribution in [2.75, 3.05) is 18.0 Å². The van der Waals surface area contributed by atoms with Gasteiger partial charge in [0.05, 0.1) is 5.69 Å². The molecule has 1 aromatic heterocycles. The molecule has 2 heteroatoms. The van der Waals surface area contributed by atoms with E-state index in [0.29, 0.717) is 0 Å². The SMILES string of the molecule is Cc1cnc(/C=C\c2cccc3cccc(C)c23)cc1N1CCC(C)CC1. The number of benzene rings is 2. The Morgan fingerprint density at radius 2 is 1.70 bits per heavy atom. The van der Waals surface area contributed by atoms with Gasteiger partial charge in [-0.05, 0) is 72.2 Å². The Bertz CT molecular complexity index is 974. The maximum absolute atomic E-state index is 4.65. The number of aryl methyl sites for hydroxylation is 2. The van der Waals surface area contributed by atoms with Crippen LogP contribution in [0.2, 0.25) is 0 Å². The van der Waals surface area contributed by atoms with E-state index in [-0.39, 0.29) is 0 Å². The summed E-state index contributed by atoms with van der Waals surface area (Å²) in [5.74, 6) is 0.845. The first-order valence-electron chi connectivity index (χ1n) is 10.00. The molecule has 2 aromatic carbocycles. The van der Waals surface area contributed by atoms with Crippen molar-refractivity contribution in [2.24, 2.45) is 5.92 Å². The Morgan fingerprint density at radius 1 is 0.963 bits per heavy atom. The van der Waals surface area contributed by atoms with Crippen LogP contribution in [0.5, 0.6) is 0 Å². The van der Waals surface area contributed by atoms with Gasteiger partial charge in [-0.1, -0.05) is 49.4 Å². The van der Waals surface area contributed by atoms with Gasteiger partial charge in [-0.2, -0.15) is 0 Å². The fraction of sp³-hybridized carbons (Fsp3) is 0.320. The van der Waals surface area contributed by atoms with E-state index in [9.17, 15) is 0 Å². The summed E-state index contributed by atoms with van der Waals surface area (Å²) in [4.78, 5) is 7.18. The quantitative estimate of drug-likeness (QED) is 0.551. The first-order chi connectivity index (χ1) is 13.1. The van der Waals surface area contributed by atoms with Crippen LogP contribution in [0.15, 0.2) is 48.7 Å². The molecule has 4 rings (SSSR count). The number of hydrogen-bond donors (Lipinski definition) is 0. The highest BCUT2D eigenvalue weighted by molar-refractivity contribution is 5.95. The number of nitrogens with zero attached hydrogens (tertiary/aromatic N) is 2. The van der Waals surface area contributed by atoms with Crippen molar-refractivity contribution in [3.05, 3.63) is 71.0 Å². The molecule has 0 amide bonds. The smallest absolute Gasteiger partial charge is 0.0650 e. The van der Waals surface area contributed by atoms with Crippen LogP contribution < -0.4 is 4.90 Å². The van der Waals surface area contributed by atoms with Crippen LogP contribution in [0, 0.1) is 19.8 Å². The average molecular weight is 357 g/mol. The van der Waals surface area contributed by atoms with Gasteiger partial charge in [0.1, 0.15) is 0 Å². The van der Waals surface area contributed by atoms with Crippen LogP contribution in [0.1, 0.15) is 42.1 Å². The molecule has 0 radical (unpaired) electrons. The second kappa shape index (κ2) is 7.56. The summed E-state index contributed by atoms with van der Waals surface area (Å²) in [6, 6.07) is 15.2. The number of anilines is 1. The van der Waals surface area contributed by atoms with Gasteiger partial charge >= 0.3 is 0 Å². The molecule has 138 valence electrons. The van der Waals surface area contributed by atoms with E-state index in [1.807, 2.05) is 6.20 Å². The molecule has 2 heterocycles. The molecule has 3 aromatic rings. The minimum absolute atomic E-state index is 0.845. The summed E-state index contributed by atoms with van der Waals surface area (Å²) in [5, 5.41) is 2.62. The van der Waals surface area contributed by atoms with E-state index in [2.05, 4.69) is 85.3 Å². The van der Waals surface area contributed by atoms with Gasteiger partial charge in [0.15, 0.2) is 0 Å². The van der Waals surface area contributed by atoms with Crippen LogP contribution in [0.25, 0.3) is 22.9 Å². The molecular formula is C25H28N2. The lowest BCUT2D eigenvalue weighted by atomic mass is 9.98. The summed E-state index contributed by atoms with van der Waals surface area (Å²) in [7, 11) is 0. The van der Waals surface area contributed by atoms with Gasteiger partial charge in [-0.3, -0.25) is 4.98 Å². The lowest BCUT2D eigenvalue weighted by Gasteiger charge is -2.33. The van der Waals surface area contributed by atoms with Gasteiger partial charge in [-0.25, -0.2) is 0 Å². The summed E-state index contributed by atoms with van der Waals surface area (Å²) in [6.45, 7) is 9.01. The molecule has 1 saturated heterocycles. The van der Waals surface area contributed by atoms with E-state index in [0.717, 1.165) is 24.7 Å². The molecule has 0 spiro atoms. The van der Waals surface area contributed by atoms with Crippen molar-refractivity contribution < 1.29 is 0 Å². The molecule has 0 N–H and O–H groups in total. The van der Waals surface area contributed by atoms with E-state index in [1.165, 1.54) is 46.0 Å². The number of rotatable bonds is 3. The molecule has 0 bridgehead atoms. The van der Waals surface area contributed by atoms with Gasteiger partial charge in [0.25, 0.3) is 0 Å². The minimum atomic E-state index is 0.845. The molecular weight excluding hydrogens is 328 g/mol. The van der Waals surface area contributed by atoms with Crippen LogP contribution >= 0.6 is 0 Å². The van der Waals surface area contributed by atoms with Crippen molar-refractivity contribution >= 4 is 28.6 Å². The van der Waals surface area contributed by atoms with Crippen LogP contribution in [0.3, 0.4) is 0 Å². The summed E-state index contributed by atoms with van der Waals surface area (Å²) in [6.07, 6.45) is 8.93. The molecule has 0 atom stereocenters. The zero-order valence-electron chi connectivity index (χ0n) is 16.6. The molecule has 0 saturated carbocycles. The summed E-state index contributed by atoms with van der Waals surface area (Å²) >= 11 is 0. The summed E-state index contributed by atoms with van der Waals surface area (Å²) < 4.78 is 0. The van der Waals surface area contributed by atoms with Gasteiger partial charge in [0, 0.05) is 25.0 Å². The van der Waals surface area contributed by atoms with E-state index in [1.54, 1.807) is 0 Å². The van der Waals surface area contributed by atoms with Crippen molar-refractivity contribution in [3.63, 3.8) is 0 Å². The first-order valence-corrected chi connectivity index (χ1v) is 10.00. The molecule has 1 aliphatic rings. The number of pyridine rings is 1. The fourth-order valence-electron chi connectivity index (χ4n) is 4.09. The zero-order chi connectivity index (χ0) is 18.8. The lowest BCUT2D eigenvalue weighted by Crippen LogP contribution is -2.33. The molecule has 1 fully saturated rings. The number of fused-ring (bicyclic) bond motifs is 1. The Morgan fingerprint density at radius 3 is 2.48 bits per heavy atom. The van der Waals surface area contributed by atoms with Gasteiger partial charge in [-0.15, -0.1) is 0 Å².